The molecular weight excluding hydrogens is 162 g/mol. The summed E-state index contributed by atoms with van der Waals surface area (Å²) in [6.45, 7) is 6.54. The van der Waals surface area contributed by atoms with Crippen LogP contribution in [0.2, 0.25) is 0 Å². The van der Waals surface area contributed by atoms with Gasteiger partial charge in [0, 0.05) is 6.54 Å². The molecule has 1 atom stereocenters. The van der Waals surface area contributed by atoms with Gasteiger partial charge in [0.05, 0.1) is 12.2 Å². The predicted octanol–water partition coefficient (Wildman–Crippen LogP) is 2.33. The molecule has 1 N–H and O–H groups in total. The summed E-state index contributed by atoms with van der Waals surface area (Å²) in [7, 11) is 0. The average molecular weight is 185 g/mol. The maximum atomic E-state index is 5.92. The van der Waals surface area contributed by atoms with E-state index in [9.17, 15) is 0 Å². The molecule has 0 spiro atoms. The molecule has 2 nitrogen and oxygen atoms in total. The van der Waals surface area contributed by atoms with Gasteiger partial charge < -0.3 is 10.1 Å². The van der Waals surface area contributed by atoms with Crippen molar-refractivity contribution in [2.24, 2.45) is 0 Å². The minimum atomic E-state index is 0.442. The van der Waals surface area contributed by atoms with Gasteiger partial charge in [0.25, 0.3) is 0 Å². The lowest BCUT2D eigenvalue weighted by atomic mass is 9.96. The van der Waals surface area contributed by atoms with E-state index in [0.29, 0.717) is 12.2 Å². The summed E-state index contributed by atoms with van der Waals surface area (Å²) >= 11 is 0. The predicted molar refractivity (Wildman–Crippen MR) is 56.0 cm³/mol. The molecule has 0 radical (unpaired) electrons. The monoisotopic (exact) mass is 185 g/mol. The molecule has 1 fully saturated rings. The third-order valence-electron chi connectivity index (χ3n) is 2.69. The van der Waals surface area contributed by atoms with Gasteiger partial charge in [-0.2, -0.15) is 0 Å². The van der Waals surface area contributed by atoms with Crippen LogP contribution in [-0.4, -0.2) is 25.3 Å². The van der Waals surface area contributed by atoms with E-state index in [1.807, 2.05) is 0 Å². The van der Waals surface area contributed by atoms with Crippen molar-refractivity contribution >= 4 is 0 Å². The molecule has 0 aromatic rings. The first kappa shape index (κ1) is 11.0. The van der Waals surface area contributed by atoms with Gasteiger partial charge in [0.15, 0.2) is 0 Å². The van der Waals surface area contributed by atoms with Crippen molar-refractivity contribution in [1.29, 1.82) is 0 Å². The molecule has 1 rings (SSSR count). The fraction of sp³-hybridized carbons (Fsp3) is 1.00. The molecule has 1 unspecified atom stereocenters. The van der Waals surface area contributed by atoms with Crippen molar-refractivity contribution in [3.8, 4) is 0 Å². The van der Waals surface area contributed by atoms with Gasteiger partial charge in [-0.1, -0.05) is 13.8 Å². The molecule has 0 heterocycles. The number of rotatable bonds is 7. The SMILES string of the molecule is CCCNCC(CC)OC1CCC1. The largest absolute Gasteiger partial charge is 0.374 e. The Morgan fingerprint density at radius 3 is 2.62 bits per heavy atom. The standard InChI is InChI=1S/C11H23NO/c1-3-8-12-9-10(4-2)13-11-6-5-7-11/h10-12H,3-9H2,1-2H3. The molecule has 0 aromatic heterocycles. The third-order valence-corrected chi connectivity index (χ3v) is 2.69. The van der Waals surface area contributed by atoms with Gasteiger partial charge >= 0.3 is 0 Å². The van der Waals surface area contributed by atoms with Crippen LogP contribution in [0.3, 0.4) is 0 Å². The van der Waals surface area contributed by atoms with Crippen molar-refractivity contribution in [3.63, 3.8) is 0 Å². The molecule has 2 heteroatoms. The summed E-state index contributed by atoms with van der Waals surface area (Å²) in [5.74, 6) is 0. The van der Waals surface area contributed by atoms with Gasteiger partial charge in [-0.25, -0.2) is 0 Å². The van der Waals surface area contributed by atoms with Crippen LogP contribution in [-0.2, 0) is 4.74 Å². The Morgan fingerprint density at radius 1 is 1.38 bits per heavy atom. The summed E-state index contributed by atoms with van der Waals surface area (Å²) < 4.78 is 5.92. The normalized spacial score (nSPS) is 19.8. The fourth-order valence-electron chi connectivity index (χ4n) is 1.51. The van der Waals surface area contributed by atoms with E-state index in [1.165, 1.54) is 25.7 Å². The van der Waals surface area contributed by atoms with Crippen LogP contribution in [0.1, 0.15) is 46.0 Å². The molecule has 0 aromatic carbocycles. The minimum absolute atomic E-state index is 0.442. The van der Waals surface area contributed by atoms with Gasteiger partial charge in [0.2, 0.25) is 0 Å². The van der Waals surface area contributed by atoms with Crippen molar-refractivity contribution in [2.75, 3.05) is 13.1 Å². The van der Waals surface area contributed by atoms with Crippen LogP contribution in [0, 0.1) is 0 Å². The number of hydrogen-bond donors (Lipinski definition) is 1. The molecule has 13 heavy (non-hydrogen) atoms. The van der Waals surface area contributed by atoms with Gasteiger partial charge in [-0.3, -0.25) is 0 Å². The second-order valence-corrected chi connectivity index (χ2v) is 3.92. The first-order valence-electron chi connectivity index (χ1n) is 5.73. The van der Waals surface area contributed by atoms with E-state index < -0.39 is 0 Å². The molecule has 0 saturated heterocycles. The van der Waals surface area contributed by atoms with E-state index in [1.54, 1.807) is 0 Å². The lowest BCUT2D eigenvalue weighted by Gasteiger charge is -2.30. The zero-order valence-electron chi connectivity index (χ0n) is 9.01. The molecule has 1 saturated carbocycles. The van der Waals surface area contributed by atoms with E-state index in [-0.39, 0.29) is 0 Å². The molecular formula is C11H23NO. The van der Waals surface area contributed by atoms with Crippen molar-refractivity contribution in [1.82, 2.24) is 5.32 Å². The Hall–Kier alpha value is -0.0800. The third kappa shape index (κ3) is 4.10. The highest BCUT2D eigenvalue weighted by molar-refractivity contribution is 4.72. The van der Waals surface area contributed by atoms with Gasteiger partial charge in [0.1, 0.15) is 0 Å². The number of hydrogen-bond acceptors (Lipinski definition) is 2. The Labute approximate surface area is 82.0 Å². The van der Waals surface area contributed by atoms with Gasteiger partial charge in [-0.15, -0.1) is 0 Å². The Balaban J connectivity index is 2.03. The smallest absolute Gasteiger partial charge is 0.0700 e. The van der Waals surface area contributed by atoms with Crippen molar-refractivity contribution < 1.29 is 4.74 Å². The Morgan fingerprint density at radius 2 is 2.15 bits per heavy atom. The lowest BCUT2D eigenvalue weighted by Crippen LogP contribution is -2.34. The summed E-state index contributed by atoms with van der Waals surface area (Å²) in [5, 5.41) is 3.41. The molecule has 1 aliphatic carbocycles. The molecule has 0 aliphatic heterocycles. The van der Waals surface area contributed by atoms with Crippen LogP contribution in [0.15, 0.2) is 0 Å². The fourth-order valence-corrected chi connectivity index (χ4v) is 1.51. The van der Waals surface area contributed by atoms with E-state index in [4.69, 9.17) is 4.74 Å². The minimum Gasteiger partial charge on any atom is -0.374 e. The summed E-state index contributed by atoms with van der Waals surface area (Å²) in [6.07, 6.45) is 7.29. The van der Waals surface area contributed by atoms with E-state index in [2.05, 4.69) is 19.2 Å². The van der Waals surface area contributed by atoms with Crippen LogP contribution in [0.4, 0.5) is 0 Å². The van der Waals surface area contributed by atoms with Crippen LogP contribution >= 0.6 is 0 Å². The highest BCUT2D eigenvalue weighted by Gasteiger charge is 2.21. The number of ether oxygens (including phenoxy) is 1. The maximum absolute atomic E-state index is 5.92. The number of nitrogens with one attached hydrogen (secondary N) is 1. The zero-order valence-corrected chi connectivity index (χ0v) is 9.01. The second-order valence-electron chi connectivity index (χ2n) is 3.92. The van der Waals surface area contributed by atoms with Crippen LogP contribution in [0.5, 0.6) is 0 Å². The summed E-state index contributed by atoms with van der Waals surface area (Å²) in [5.41, 5.74) is 0. The summed E-state index contributed by atoms with van der Waals surface area (Å²) in [6, 6.07) is 0. The average Bonchev–Trinajstić information content (AvgIpc) is 2.08. The molecule has 0 bridgehead atoms. The molecule has 1 aliphatic rings. The topological polar surface area (TPSA) is 21.3 Å². The zero-order chi connectivity index (χ0) is 9.52. The highest BCUT2D eigenvalue weighted by atomic mass is 16.5. The van der Waals surface area contributed by atoms with Crippen LogP contribution in [0.25, 0.3) is 0 Å². The van der Waals surface area contributed by atoms with Crippen molar-refractivity contribution in [2.45, 2.75) is 58.2 Å². The van der Waals surface area contributed by atoms with Gasteiger partial charge in [-0.05, 0) is 38.6 Å². The maximum Gasteiger partial charge on any atom is 0.0700 e. The van der Waals surface area contributed by atoms with E-state index >= 15 is 0 Å². The van der Waals surface area contributed by atoms with Crippen molar-refractivity contribution in [3.05, 3.63) is 0 Å². The Bertz CT molecular complexity index is 123. The first-order chi connectivity index (χ1) is 6.36. The quantitative estimate of drug-likeness (QED) is 0.615. The highest BCUT2D eigenvalue weighted by Crippen LogP contribution is 2.23. The molecule has 78 valence electrons. The first-order valence-corrected chi connectivity index (χ1v) is 5.73. The summed E-state index contributed by atoms with van der Waals surface area (Å²) in [4.78, 5) is 0. The second kappa shape index (κ2) is 6.39. The Kier molecular flexibility index (Phi) is 5.40. The van der Waals surface area contributed by atoms with E-state index in [0.717, 1.165) is 19.5 Å². The van der Waals surface area contributed by atoms with Crippen LogP contribution < -0.4 is 5.32 Å². The molecule has 0 amide bonds. The lowest BCUT2D eigenvalue weighted by molar-refractivity contribution is -0.0511.